The maximum absolute atomic E-state index is 13.4. The quantitative estimate of drug-likeness (QED) is 0.505. The molecule has 4 rings (SSSR count). The van der Waals surface area contributed by atoms with Crippen LogP contribution in [0.25, 0.3) is 16.0 Å². The van der Waals surface area contributed by atoms with E-state index in [9.17, 15) is 4.79 Å². The van der Waals surface area contributed by atoms with Crippen LogP contribution in [-0.4, -0.2) is 36.1 Å². The number of H-pyrrole nitrogens is 1. The highest BCUT2D eigenvalue weighted by Gasteiger charge is 2.28. The van der Waals surface area contributed by atoms with Gasteiger partial charge in [0.25, 0.3) is 5.91 Å². The average molecular weight is 410 g/mol. The van der Waals surface area contributed by atoms with E-state index in [1.54, 1.807) is 4.68 Å². The zero-order chi connectivity index (χ0) is 20.5. The van der Waals surface area contributed by atoms with Crippen LogP contribution in [-0.2, 0) is 0 Å². The molecule has 0 aliphatic rings. The normalized spacial score (nSPS) is 13.5. The van der Waals surface area contributed by atoms with Gasteiger partial charge in [0.15, 0.2) is 0 Å². The maximum Gasteiger partial charge on any atom is 0.255 e. The molecule has 0 bridgehead atoms. The monoisotopic (exact) mass is 409 g/mol. The molecule has 0 unspecified atom stereocenters. The molecule has 0 saturated carbocycles. The van der Waals surface area contributed by atoms with E-state index in [-0.39, 0.29) is 17.9 Å². The van der Waals surface area contributed by atoms with Gasteiger partial charge >= 0.3 is 0 Å². The predicted molar refractivity (Wildman–Crippen MR) is 112 cm³/mol. The standard InChI is InChI=1S/C20H23N7OS/c1-5-11(2)17(18-22-14-8-6-7-9-15(14)23-18)24-19(28)16-12(3)13(4)29-20(16)27-10-21-25-26-27/h6-11,17H,5H2,1-4H3,(H,22,23)(H,24,28)/t11-,17-/m1/s1. The number of hydrogen-bond acceptors (Lipinski definition) is 6. The Morgan fingerprint density at radius 1 is 1.31 bits per heavy atom. The first-order valence-electron chi connectivity index (χ1n) is 9.58. The summed E-state index contributed by atoms with van der Waals surface area (Å²) < 4.78 is 1.54. The topological polar surface area (TPSA) is 101 Å². The van der Waals surface area contributed by atoms with Gasteiger partial charge < -0.3 is 10.3 Å². The molecule has 0 aliphatic carbocycles. The fourth-order valence-electron chi connectivity index (χ4n) is 3.34. The van der Waals surface area contributed by atoms with Gasteiger partial charge in [-0.3, -0.25) is 4.79 Å². The van der Waals surface area contributed by atoms with Gasteiger partial charge in [-0.15, -0.1) is 16.4 Å². The molecule has 9 heteroatoms. The van der Waals surface area contributed by atoms with Crippen LogP contribution in [0.4, 0.5) is 0 Å². The van der Waals surface area contributed by atoms with Crippen LogP contribution in [0.3, 0.4) is 0 Å². The lowest BCUT2D eigenvalue weighted by Crippen LogP contribution is -2.34. The van der Waals surface area contributed by atoms with Crippen molar-refractivity contribution >= 4 is 28.3 Å². The molecule has 0 aliphatic heterocycles. The van der Waals surface area contributed by atoms with Gasteiger partial charge in [0.05, 0.1) is 22.6 Å². The number of benzene rings is 1. The highest BCUT2D eigenvalue weighted by atomic mass is 32.1. The first-order chi connectivity index (χ1) is 14.0. The Morgan fingerprint density at radius 2 is 2.10 bits per heavy atom. The summed E-state index contributed by atoms with van der Waals surface area (Å²) in [5.74, 6) is 0.821. The number of rotatable bonds is 6. The number of nitrogens with one attached hydrogen (secondary N) is 2. The molecular weight excluding hydrogens is 386 g/mol. The molecule has 29 heavy (non-hydrogen) atoms. The molecule has 2 N–H and O–H groups in total. The van der Waals surface area contributed by atoms with E-state index >= 15 is 0 Å². The Balaban J connectivity index is 1.71. The summed E-state index contributed by atoms with van der Waals surface area (Å²) in [6.45, 7) is 8.18. The highest BCUT2D eigenvalue weighted by Crippen LogP contribution is 2.32. The number of carbonyl (C=O) groups excluding carboxylic acids is 1. The van der Waals surface area contributed by atoms with Gasteiger partial charge in [-0.2, -0.15) is 4.68 Å². The van der Waals surface area contributed by atoms with Crippen molar-refractivity contribution in [3.63, 3.8) is 0 Å². The minimum atomic E-state index is -0.235. The third-order valence-electron chi connectivity index (χ3n) is 5.35. The number of amides is 1. The summed E-state index contributed by atoms with van der Waals surface area (Å²) in [6, 6.07) is 7.65. The largest absolute Gasteiger partial charge is 0.342 e. The zero-order valence-corrected chi connectivity index (χ0v) is 17.6. The van der Waals surface area contributed by atoms with Crippen LogP contribution in [0.2, 0.25) is 0 Å². The molecule has 0 radical (unpaired) electrons. The van der Waals surface area contributed by atoms with Crippen molar-refractivity contribution < 1.29 is 4.79 Å². The molecule has 3 heterocycles. The second-order valence-corrected chi connectivity index (χ2v) is 8.40. The van der Waals surface area contributed by atoms with Crippen molar-refractivity contribution in [1.82, 2.24) is 35.5 Å². The van der Waals surface area contributed by atoms with E-state index in [1.807, 2.05) is 38.1 Å². The molecule has 8 nitrogen and oxygen atoms in total. The Hall–Kier alpha value is -3.07. The van der Waals surface area contributed by atoms with Gasteiger partial charge in [-0.25, -0.2) is 4.98 Å². The van der Waals surface area contributed by atoms with Crippen molar-refractivity contribution in [2.45, 2.75) is 40.2 Å². The molecule has 0 spiro atoms. The minimum Gasteiger partial charge on any atom is -0.342 e. The second-order valence-electron chi connectivity index (χ2n) is 7.19. The lowest BCUT2D eigenvalue weighted by atomic mass is 9.98. The maximum atomic E-state index is 13.4. The number of tetrazole rings is 1. The fourth-order valence-corrected chi connectivity index (χ4v) is 4.41. The van der Waals surface area contributed by atoms with Crippen LogP contribution < -0.4 is 5.32 Å². The first kappa shape index (κ1) is 19.3. The molecular formula is C20H23N7OS. The SMILES string of the molecule is CC[C@@H](C)[C@@H](NC(=O)c1c(-n2cnnn2)sc(C)c1C)c1nc2ccccc2[nH]1. The van der Waals surface area contributed by atoms with Crippen molar-refractivity contribution in [2.75, 3.05) is 0 Å². The van der Waals surface area contributed by atoms with Crippen molar-refractivity contribution in [2.24, 2.45) is 5.92 Å². The van der Waals surface area contributed by atoms with Crippen molar-refractivity contribution in [1.29, 1.82) is 0 Å². The summed E-state index contributed by atoms with van der Waals surface area (Å²) in [4.78, 5) is 22.5. The number of aryl methyl sites for hydroxylation is 1. The Bertz CT molecular complexity index is 1110. The fraction of sp³-hybridized carbons (Fsp3) is 0.350. The van der Waals surface area contributed by atoms with E-state index in [4.69, 9.17) is 4.98 Å². The number of thiophene rings is 1. The summed E-state index contributed by atoms with van der Waals surface area (Å²) in [7, 11) is 0. The lowest BCUT2D eigenvalue weighted by molar-refractivity contribution is 0.0920. The number of aromatic amines is 1. The molecule has 1 amide bonds. The number of hydrogen-bond donors (Lipinski definition) is 2. The third-order valence-corrected chi connectivity index (χ3v) is 6.55. The molecule has 2 atom stereocenters. The van der Waals surface area contributed by atoms with E-state index in [0.717, 1.165) is 38.7 Å². The first-order valence-corrected chi connectivity index (χ1v) is 10.4. The van der Waals surface area contributed by atoms with E-state index < -0.39 is 0 Å². The summed E-state index contributed by atoms with van der Waals surface area (Å²) in [5.41, 5.74) is 3.39. The number of carbonyl (C=O) groups is 1. The van der Waals surface area contributed by atoms with Crippen LogP contribution in [0.5, 0.6) is 0 Å². The number of imidazole rings is 1. The van der Waals surface area contributed by atoms with Crippen LogP contribution in [0.1, 0.15) is 52.9 Å². The lowest BCUT2D eigenvalue weighted by Gasteiger charge is -2.22. The molecule has 150 valence electrons. The number of para-hydroxylation sites is 2. The predicted octanol–water partition coefficient (Wildman–Crippen LogP) is 3.73. The minimum absolute atomic E-state index is 0.150. The van der Waals surface area contributed by atoms with Crippen LogP contribution in [0, 0.1) is 19.8 Å². The summed E-state index contributed by atoms with van der Waals surface area (Å²) in [6.07, 6.45) is 2.41. The number of aromatic nitrogens is 6. The Morgan fingerprint density at radius 3 is 2.79 bits per heavy atom. The summed E-state index contributed by atoms with van der Waals surface area (Å²) >= 11 is 1.50. The van der Waals surface area contributed by atoms with Gasteiger partial charge in [0.2, 0.25) is 0 Å². The van der Waals surface area contributed by atoms with Crippen molar-refractivity contribution in [3.05, 3.63) is 52.4 Å². The molecule has 0 saturated heterocycles. The van der Waals surface area contributed by atoms with Gasteiger partial charge in [0.1, 0.15) is 17.2 Å². The Kier molecular flexibility index (Phi) is 5.14. The molecule has 0 fully saturated rings. The van der Waals surface area contributed by atoms with Gasteiger partial charge in [0, 0.05) is 4.88 Å². The highest BCUT2D eigenvalue weighted by molar-refractivity contribution is 7.15. The summed E-state index contributed by atoms with van der Waals surface area (Å²) in [5, 5.41) is 15.3. The van der Waals surface area contributed by atoms with Gasteiger partial charge in [-0.1, -0.05) is 32.4 Å². The van der Waals surface area contributed by atoms with Crippen molar-refractivity contribution in [3.8, 4) is 5.00 Å². The molecule has 1 aromatic carbocycles. The van der Waals surface area contributed by atoms with Crippen LogP contribution in [0.15, 0.2) is 30.6 Å². The van der Waals surface area contributed by atoms with E-state index in [2.05, 4.69) is 39.7 Å². The number of nitrogens with zero attached hydrogens (tertiary/aromatic N) is 5. The zero-order valence-electron chi connectivity index (χ0n) is 16.8. The smallest absolute Gasteiger partial charge is 0.255 e. The van der Waals surface area contributed by atoms with E-state index in [1.165, 1.54) is 17.7 Å². The molecule has 4 aromatic rings. The van der Waals surface area contributed by atoms with Gasteiger partial charge in [-0.05, 0) is 47.9 Å². The number of fused-ring (bicyclic) bond motifs is 1. The average Bonchev–Trinajstić information content (AvgIpc) is 3.45. The van der Waals surface area contributed by atoms with Crippen LogP contribution >= 0.6 is 11.3 Å². The van der Waals surface area contributed by atoms with E-state index in [0.29, 0.717) is 5.56 Å². The third kappa shape index (κ3) is 3.53. The molecule has 3 aromatic heterocycles. The second kappa shape index (κ2) is 7.75. The Labute approximate surface area is 172 Å².